The van der Waals surface area contributed by atoms with Gasteiger partial charge in [-0.25, -0.2) is 0 Å². The molecular formula is C15H20N2O2. The molecule has 2 rings (SSSR count). The minimum atomic E-state index is -0.0736. The van der Waals surface area contributed by atoms with Gasteiger partial charge in [-0.1, -0.05) is 11.6 Å². The van der Waals surface area contributed by atoms with Crippen LogP contribution >= 0.6 is 0 Å². The van der Waals surface area contributed by atoms with Crippen molar-refractivity contribution in [3.05, 3.63) is 45.9 Å². The first-order chi connectivity index (χ1) is 9.04. The van der Waals surface area contributed by atoms with E-state index in [9.17, 15) is 9.59 Å². The van der Waals surface area contributed by atoms with Gasteiger partial charge in [-0.15, -0.1) is 0 Å². The van der Waals surface area contributed by atoms with E-state index >= 15 is 0 Å². The van der Waals surface area contributed by atoms with E-state index in [0.717, 1.165) is 37.1 Å². The molecule has 0 radical (unpaired) electrons. The number of H-pyrrole nitrogens is 1. The second kappa shape index (κ2) is 5.87. The Balaban J connectivity index is 1.92. The van der Waals surface area contributed by atoms with Crippen LogP contribution in [0.25, 0.3) is 0 Å². The van der Waals surface area contributed by atoms with Gasteiger partial charge in [0.1, 0.15) is 0 Å². The number of rotatable bonds is 3. The number of allylic oxidation sites excluding steroid dienone is 1. The van der Waals surface area contributed by atoms with Gasteiger partial charge >= 0.3 is 0 Å². The summed E-state index contributed by atoms with van der Waals surface area (Å²) < 4.78 is 0. The van der Waals surface area contributed by atoms with Gasteiger partial charge in [0.05, 0.1) is 0 Å². The van der Waals surface area contributed by atoms with E-state index in [0.29, 0.717) is 5.92 Å². The molecule has 0 aliphatic carbocycles. The minimum absolute atomic E-state index is 0.0736. The number of nitrogens with zero attached hydrogens (tertiary/aromatic N) is 1. The van der Waals surface area contributed by atoms with Crippen molar-refractivity contribution < 1.29 is 4.79 Å². The lowest BCUT2D eigenvalue weighted by Crippen LogP contribution is -2.27. The van der Waals surface area contributed by atoms with E-state index in [1.54, 1.807) is 18.3 Å². The van der Waals surface area contributed by atoms with Gasteiger partial charge < -0.3 is 9.88 Å². The highest BCUT2D eigenvalue weighted by Gasteiger charge is 2.25. The Hall–Kier alpha value is -1.84. The molecule has 0 bridgehead atoms. The second-order valence-corrected chi connectivity index (χ2v) is 5.43. The molecule has 1 N–H and O–H groups in total. The van der Waals surface area contributed by atoms with Gasteiger partial charge in [-0.05, 0) is 38.2 Å². The van der Waals surface area contributed by atoms with E-state index in [1.165, 1.54) is 0 Å². The molecule has 1 fully saturated rings. The van der Waals surface area contributed by atoms with Crippen molar-refractivity contribution in [1.82, 2.24) is 9.88 Å². The van der Waals surface area contributed by atoms with Gasteiger partial charge in [0, 0.05) is 31.4 Å². The number of carbonyl (C=O) groups is 1. The van der Waals surface area contributed by atoms with Crippen LogP contribution in [0.15, 0.2) is 34.8 Å². The Morgan fingerprint density at radius 2 is 2.26 bits per heavy atom. The maximum absolute atomic E-state index is 11.9. The average Bonchev–Trinajstić information content (AvgIpc) is 2.80. The van der Waals surface area contributed by atoms with Crippen LogP contribution in [0.2, 0.25) is 0 Å². The Kier molecular flexibility index (Phi) is 4.20. The highest BCUT2D eigenvalue weighted by atomic mass is 16.2. The van der Waals surface area contributed by atoms with Gasteiger partial charge in [0.2, 0.25) is 11.5 Å². The highest BCUT2D eigenvalue weighted by Crippen LogP contribution is 2.20. The van der Waals surface area contributed by atoms with Crippen LogP contribution in [-0.2, 0) is 11.2 Å². The van der Waals surface area contributed by atoms with Crippen LogP contribution in [0.4, 0.5) is 0 Å². The molecule has 2 heterocycles. The summed E-state index contributed by atoms with van der Waals surface area (Å²) >= 11 is 0. The first kappa shape index (κ1) is 13.6. The molecule has 1 amide bonds. The molecule has 0 unspecified atom stereocenters. The van der Waals surface area contributed by atoms with Crippen LogP contribution in [0, 0.1) is 5.92 Å². The van der Waals surface area contributed by atoms with Crippen molar-refractivity contribution in [2.45, 2.75) is 26.7 Å². The number of aromatic nitrogens is 1. The predicted octanol–water partition coefficient (Wildman–Crippen LogP) is 1.73. The van der Waals surface area contributed by atoms with E-state index < -0.39 is 0 Å². The zero-order valence-electron chi connectivity index (χ0n) is 11.5. The number of likely N-dealkylation sites (tertiary alicyclic amines) is 1. The fourth-order valence-electron chi connectivity index (χ4n) is 2.44. The molecule has 0 aromatic carbocycles. The first-order valence-electron chi connectivity index (χ1n) is 6.66. The number of carbonyl (C=O) groups excluding carboxylic acids is 1. The second-order valence-electron chi connectivity index (χ2n) is 5.43. The number of hydrogen-bond donors (Lipinski definition) is 1. The van der Waals surface area contributed by atoms with E-state index in [1.807, 2.05) is 24.8 Å². The number of nitrogens with one attached hydrogen (secondary N) is 1. The lowest BCUT2D eigenvalue weighted by Gasteiger charge is -2.14. The zero-order chi connectivity index (χ0) is 13.8. The van der Waals surface area contributed by atoms with Crippen LogP contribution < -0.4 is 5.56 Å². The van der Waals surface area contributed by atoms with E-state index in [-0.39, 0.29) is 11.5 Å². The molecule has 102 valence electrons. The Bertz CT molecular complexity index is 521. The number of amides is 1. The maximum Gasteiger partial charge on any atom is 0.247 e. The summed E-state index contributed by atoms with van der Waals surface area (Å²) in [6.07, 6.45) is 5.40. The standard InChI is InChI=1S/C15H20N2O2/c1-11(2)7-15(19)17-6-5-13(10-17)8-12-3-4-14(18)16-9-12/h3-4,7,9,13H,5-6,8,10H2,1-2H3,(H,16,18)/t13-/m1/s1. The average molecular weight is 260 g/mol. The molecule has 19 heavy (non-hydrogen) atoms. The molecule has 1 aromatic rings. The van der Waals surface area contributed by atoms with Crippen molar-refractivity contribution in [3.63, 3.8) is 0 Å². The fourth-order valence-corrected chi connectivity index (χ4v) is 2.44. The Labute approximate surface area is 113 Å². The quantitative estimate of drug-likeness (QED) is 0.841. The summed E-state index contributed by atoms with van der Waals surface area (Å²) in [5.41, 5.74) is 2.09. The van der Waals surface area contributed by atoms with Crippen molar-refractivity contribution in [1.29, 1.82) is 0 Å². The molecular weight excluding hydrogens is 240 g/mol. The molecule has 1 aromatic heterocycles. The van der Waals surface area contributed by atoms with Gasteiger partial charge in [0.15, 0.2) is 0 Å². The highest BCUT2D eigenvalue weighted by molar-refractivity contribution is 5.88. The normalized spacial score (nSPS) is 18.4. The predicted molar refractivity (Wildman–Crippen MR) is 74.9 cm³/mol. The van der Waals surface area contributed by atoms with E-state index in [4.69, 9.17) is 0 Å². The van der Waals surface area contributed by atoms with Crippen molar-refractivity contribution >= 4 is 5.91 Å². The third-order valence-electron chi connectivity index (χ3n) is 3.38. The van der Waals surface area contributed by atoms with Crippen LogP contribution in [0.1, 0.15) is 25.8 Å². The molecule has 1 aliphatic heterocycles. The first-order valence-corrected chi connectivity index (χ1v) is 6.66. The molecule has 0 spiro atoms. The largest absolute Gasteiger partial charge is 0.339 e. The van der Waals surface area contributed by atoms with Crippen LogP contribution in [0.3, 0.4) is 0 Å². The summed E-state index contributed by atoms with van der Waals surface area (Å²) in [6.45, 7) is 5.51. The zero-order valence-corrected chi connectivity index (χ0v) is 11.5. The fraction of sp³-hybridized carbons (Fsp3) is 0.467. The number of hydrogen-bond acceptors (Lipinski definition) is 2. The number of pyridine rings is 1. The minimum Gasteiger partial charge on any atom is -0.339 e. The SMILES string of the molecule is CC(C)=CC(=O)N1CC[C@H](Cc2ccc(=O)[nH]c2)C1. The Morgan fingerprint density at radius 1 is 1.47 bits per heavy atom. The summed E-state index contributed by atoms with van der Waals surface area (Å²) in [4.78, 5) is 27.5. The molecule has 4 nitrogen and oxygen atoms in total. The molecule has 1 aliphatic rings. The van der Waals surface area contributed by atoms with E-state index in [2.05, 4.69) is 4.98 Å². The molecule has 0 saturated carbocycles. The smallest absolute Gasteiger partial charge is 0.247 e. The molecule has 1 atom stereocenters. The van der Waals surface area contributed by atoms with Crippen molar-refractivity contribution in [2.75, 3.05) is 13.1 Å². The van der Waals surface area contributed by atoms with Gasteiger partial charge in [0.25, 0.3) is 0 Å². The Morgan fingerprint density at radius 3 is 2.89 bits per heavy atom. The summed E-state index contributed by atoms with van der Waals surface area (Å²) in [5.74, 6) is 0.601. The van der Waals surface area contributed by atoms with Gasteiger partial charge in [-0.2, -0.15) is 0 Å². The monoisotopic (exact) mass is 260 g/mol. The third-order valence-corrected chi connectivity index (χ3v) is 3.38. The summed E-state index contributed by atoms with van der Waals surface area (Å²) in [7, 11) is 0. The lowest BCUT2D eigenvalue weighted by atomic mass is 10.00. The maximum atomic E-state index is 11.9. The molecule has 4 heteroatoms. The van der Waals surface area contributed by atoms with Crippen LogP contribution in [0.5, 0.6) is 0 Å². The molecule has 1 saturated heterocycles. The van der Waals surface area contributed by atoms with Crippen LogP contribution in [-0.4, -0.2) is 28.9 Å². The van der Waals surface area contributed by atoms with Gasteiger partial charge in [-0.3, -0.25) is 9.59 Å². The number of aromatic amines is 1. The summed E-state index contributed by atoms with van der Waals surface area (Å²) in [6, 6.07) is 3.41. The summed E-state index contributed by atoms with van der Waals surface area (Å²) in [5, 5.41) is 0. The lowest BCUT2D eigenvalue weighted by molar-refractivity contribution is -0.125. The van der Waals surface area contributed by atoms with Crippen molar-refractivity contribution in [2.24, 2.45) is 5.92 Å². The topological polar surface area (TPSA) is 53.2 Å². The van der Waals surface area contributed by atoms with Crippen molar-refractivity contribution in [3.8, 4) is 0 Å². The third kappa shape index (κ3) is 3.81.